The zero-order chi connectivity index (χ0) is 23.2. The number of rotatable bonds is 3. The number of anilines is 1. The van der Waals surface area contributed by atoms with Crippen LogP contribution >= 0.6 is 23.4 Å². The van der Waals surface area contributed by atoms with E-state index in [2.05, 4.69) is 68.0 Å². The van der Waals surface area contributed by atoms with Gasteiger partial charge >= 0.3 is 0 Å². The Morgan fingerprint density at radius 1 is 1.22 bits per heavy atom. The first-order valence-corrected chi connectivity index (χ1v) is 12.0. The number of hydrogen-bond donors (Lipinski definition) is 1. The van der Waals surface area contributed by atoms with Gasteiger partial charge in [0, 0.05) is 22.8 Å². The van der Waals surface area contributed by atoms with Gasteiger partial charge in [0.25, 0.3) is 5.91 Å². The van der Waals surface area contributed by atoms with Gasteiger partial charge in [-0.2, -0.15) is 0 Å². The fourth-order valence-electron chi connectivity index (χ4n) is 4.43. The van der Waals surface area contributed by atoms with Crippen molar-refractivity contribution >= 4 is 57.5 Å². The van der Waals surface area contributed by atoms with Crippen molar-refractivity contribution in [3.8, 4) is 0 Å². The first-order chi connectivity index (χ1) is 15.1. The quantitative estimate of drug-likeness (QED) is 0.503. The van der Waals surface area contributed by atoms with E-state index >= 15 is 0 Å². The van der Waals surface area contributed by atoms with E-state index in [1.54, 1.807) is 0 Å². The fourth-order valence-corrected chi connectivity index (χ4v) is 5.42. The summed E-state index contributed by atoms with van der Waals surface area (Å²) in [4.78, 5) is 20.3. The van der Waals surface area contributed by atoms with Gasteiger partial charge in [-0.3, -0.25) is 4.79 Å². The molecule has 0 saturated carbocycles. The highest BCUT2D eigenvalue weighted by molar-refractivity contribution is 8.18. The maximum Gasteiger partial charge on any atom is 0.264 e. The molecule has 0 bridgehead atoms. The van der Waals surface area contributed by atoms with Crippen LogP contribution in [0.4, 0.5) is 11.4 Å². The van der Waals surface area contributed by atoms with Crippen LogP contribution in [0.2, 0.25) is 5.02 Å². The van der Waals surface area contributed by atoms with Crippen molar-refractivity contribution in [2.75, 3.05) is 11.4 Å². The Hall–Kier alpha value is -2.50. The van der Waals surface area contributed by atoms with Gasteiger partial charge in [0.1, 0.15) is 0 Å². The minimum atomic E-state index is -0.130. The Labute approximate surface area is 199 Å². The number of thioether (sulfide) groups is 1. The lowest BCUT2D eigenvalue weighted by atomic mass is 9.87. The molecule has 4 nitrogen and oxygen atoms in total. The first kappa shape index (κ1) is 22.7. The number of amidine groups is 1. The van der Waals surface area contributed by atoms with Crippen LogP contribution in [-0.2, 0) is 4.79 Å². The highest BCUT2D eigenvalue weighted by atomic mass is 35.5. The van der Waals surface area contributed by atoms with E-state index in [4.69, 9.17) is 11.6 Å². The highest BCUT2D eigenvalue weighted by Crippen LogP contribution is 2.41. The second-order valence-corrected chi connectivity index (χ2v) is 10.3. The Morgan fingerprint density at radius 2 is 1.97 bits per heavy atom. The van der Waals surface area contributed by atoms with Crippen LogP contribution in [0.15, 0.2) is 46.3 Å². The van der Waals surface area contributed by atoms with Crippen LogP contribution in [-0.4, -0.2) is 23.2 Å². The van der Waals surface area contributed by atoms with Crippen molar-refractivity contribution in [2.24, 2.45) is 4.99 Å². The zero-order valence-corrected chi connectivity index (χ0v) is 20.9. The Balaban J connectivity index is 1.69. The molecular formula is C26H28ClN3OS. The van der Waals surface area contributed by atoms with Crippen LogP contribution in [0.5, 0.6) is 0 Å². The van der Waals surface area contributed by atoms with E-state index in [1.165, 1.54) is 28.6 Å². The summed E-state index contributed by atoms with van der Waals surface area (Å²) in [6.45, 7) is 13.8. The Bertz CT molecular complexity index is 1210. The van der Waals surface area contributed by atoms with Crippen LogP contribution in [0.3, 0.4) is 0 Å². The van der Waals surface area contributed by atoms with E-state index in [0.29, 0.717) is 15.1 Å². The van der Waals surface area contributed by atoms with Crippen molar-refractivity contribution in [1.29, 1.82) is 0 Å². The van der Waals surface area contributed by atoms with Gasteiger partial charge in [-0.05, 0) is 106 Å². The fraction of sp³-hybridized carbons (Fsp3) is 0.308. The number of nitrogens with one attached hydrogen (secondary N) is 1. The van der Waals surface area contributed by atoms with Gasteiger partial charge in [0.05, 0.1) is 16.1 Å². The number of amides is 1. The summed E-state index contributed by atoms with van der Waals surface area (Å²) in [5, 5.41) is 4.11. The van der Waals surface area contributed by atoms with Crippen molar-refractivity contribution in [3.05, 3.63) is 68.6 Å². The molecule has 0 unspecified atom stereocenters. The third-order valence-corrected chi connectivity index (χ3v) is 7.40. The number of likely N-dealkylation sites (N-methyl/N-ethyl adjacent to an activating group) is 1. The lowest BCUT2D eigenvalue weighted by molar-refractivity contribution is -0.115. The van der Waals surface area contributed by atoms with Gasteiger partial charge < -0.3 is 10.2 Å². The first-order valence-electron chi connectivity index (χ1n) is 10.8. The Morgan fingerprint density at radius 3 is 2.69 bits per heavy atom. The minimum absolute atomic E-state index is 0.0245. The molecule has 32 heavy (non-hydrogen) atoms. The summed E-state index contributed by atoms with van der Waals surface area (Å²) in [6, 6.07) is 10.0. The normalized spacial score (nSPS) is 19.9. The maximum absolute atomic E-state index is 12.7. The molecule has 0 radical (unpaired) electrons. The average molecular weight is 466 g/mol. The molecule has 1 saturated heterocycles. The molecule has 0 spiro atoms. The second kappa shape index (κ2) is 8.45. The standard InChI is InChI=1S/C26H28ClN3OS/c1-7-30-22-11-15(2)18(12-19(22)16(3)14-26(30,5)6)13-23-24(31)29-25(32-23)28-21-10-8-9-20(27)17(21)4/h8-14H,7H2,1-6H3,(H,28,29,31)/b23-13+. The lowest BCUT2D eigenvalue weighted by Gasteiger charge is -2.43. The molecule has 0 atom stereocenters. The molecule has 2 aliphatic heterocycles. The Kier molecular flexibility index (Phi) is 5.99. The zero-order valence-electron chi connectivity index (χ0n) is 19.3. The highest BCUT2D eigenvalue weighted by Gasteiger charge is 2.31. The van der Waals surface area contributed by atoms with E-state index in [9.17, 15) is 4.79 Å². The monoisotopic (exact) mass is 465 g/mol. The van der Waals surface area contributed by atoms with Crippen LogP contribution < -0.4 is 10.2 Å². The molecule has 0 aliphatic carbocycles. The van der Waals surface area contributed by atoms with Crippen molar-refractivity contribution in [1.82, 2.24) is 5.32 Å². The number of halogens is 1. The second-order valence-electron chi connectivity index (χ2n) is 8.82. The van der Waals surface area contributed by atoms with E-state index < -0.39 is 0 Å². The number of hydrogen-bond acceptors (Lipinski definition) is 4. The smallest absolute Gasteiger partial charge is 0.264 e. The third kappa shape index (κ3) is 4.12. The van der Waals surface area contributed by atoms with E-state index in [1.807, 2.05) is 31.2 Å². The molecule has 2 heterocycles. The SMILES string of the molecule is CCN1c2cc(C)c(/C=C3/SC(=Nc4cccc(Cl)c4C)NC3=O)cc2C(C)=CC1(C)C. The lowest BCUT2D eigenvalue weighted by Crippen LogP contribution is -2.44. The number of aliphatic imine (C=N–C) groups is 1. The van der Waals surface area contributed by atoms with Crippen molar-refractivity contribution in [2.45, 2.75) is 47.1 Å². The topological polar surface area (TPSA) is 44.7 Å². The van der Waals surface area contributed by atoms with Gasteiger partial charge in [-0.25, -0.2) is 4.99 Å². The predicted octanol–water partition coefficient (Wildman–Crippen LogP) is 6.87. The van der Waals surface area contributed by atoms with Crippen LogP contribution in [0.1, 0.15) is 49.9 Å². The van der Waals surface area contributed by atoms with Crippen molar-refractivity contribution in [3.63, 3.8) is 0 Å². The van der Waals surface area contributed by atoms with Crippen LogP contribution in [0.25, 0.3) is 11.6 Å². The minimum Gasteiger partial charge on any atom is -0.363 e. The number of carbonyl (C=O) groups is 1. The van der Waals surface area contributed by atoms with Crippen molar-refractivity contribution < 1.29 is 4.79 Å². The number of fused-ring (bicyclic) bond motifs is 1. The molecule has 0 aromatic heterocycles. The largest absolute Gasteiger partial charge is 0.363 e. The van der Waals surface area contributed by atoms with E-state index in [0.717, 1.165) is 28.9 Å². The number of aryl methyl sites for hydroxylation is 1. The van der Waals surface area contributed by atoms with Gasteiger partial charge in [-0.15, -0.1) is 0 Å². The molecule has 6 heteroatoms. The number of carbonyl (C=O) groups excluding carboxylic acids is 1. The summed E-state index contributed by atoms with van der Waals surface area (Å²) in [6.07, 6.45) is 4.28. The summed E-state index contributed by atoms with van der Waals surface area (Å²) < 4.78 is 0. The third-order valence-electron chi connectivity index (χ3n) is 6.08. The molecule has 1 fully saturated rings. The summed E-state index contributed by atoms with van der Waals surface area (Å²) in [7, 11) is 0. The van der Waals surface area contributed by atoms with Gasteiger partial charge in [-0.1, -0.05) is 23.7 Å². The molecule has 1 N–H and O–H groups in total. The van der Waals surface area contributed by atoms with Gasteiger partial charge in [0.2, 0.25) is 0 Å². The molecular weight excluding hydrogens is 438 g/mol. The number of allylic oxidation sites excluding steroid dienone is 1. The van der Waals surface area contributed by atoms with Gasteiger partial charge in [0.15, 0.2) is 5.17 Å². The summed E-state index contributed by atoms with van der Waals surface area (Å²) >= 11 is 7.56. The predicted molar refractivity (Wildman–Crippen MR) is 139 cm³/mol. The molecule has 166 valence electrons. The maximum atomic E-state index is 12.7. The number of nitrogens with zero attached hydrogens (tertiary/aromatic N) is 2. The number of benzene rings is 2. The van der Waals surface area contributed by atoms with E-state index in [-0.39, 0.29) is 11.4 Å². The summed E-state index contributed by atoms with van der Waals surface area (Å²) in [5.41, 5.74) is 7.55. The molecule has 2 aliphatic rings. The molecule has 4 rings (SSSR count). The average Bonchev–Trinajstić information content (AvgIpc) is 3.05. The molecule has 1 amide bonds. The summed E-state index contributed by atoms with van der Waals surface area (Å²) in [5.74, 6) is -0.130. The van der Waals surface area contributed by atoms with Crippen LogP contribution in [0, 0.1) is 13.8 Å². The molecule has 2 aromatic rings. The molecule has 2 aromatic carbocycles.